The summed E-state index contributed by atoms with van der Waals surface area (Å²) < 4.78 is 1.21. The monoisotopic (exact) mass is 304 g/mol. The Balaban J connectivity index is 2.43. The predicted molar refractivity (Wildman–Crippen MR) is 76.0 cm³/mol. The average Bonchev–Trinajstić information content (AvgIpc) is 2.58. The van der Waals surface area contributed by atoms with Crippen molar-refractivity contribution in [1.82, 2.24) is 10.2 Å². The number of thiophene rings is 1. The Labute approximate surface area is 111 Å². The first kappa shape index (κ1) is 14.2. The Morgan fingerprint density at radius 3 is 2.56 bits per heavy atom. The highest BCUT2D eigenvalue weighted by atomic mass is 79.9. The van der Waals surface area contributed by atoms with Crippen molar-refractivity contribution in [2.24, 2.45) is 5.92 Å². The highest BCUT2D eigenvalue weighted by Gasteiger charge is 2.13. The number of nitrogens with one attached hydrogen (secondary N) is 1. The molecule has 0 saturated carbocycles. The van der Waals surface area contributed by atoms with E-state index in [4.69, 9.17) is 0 Å². The van der Waals surface area contributed by atoms with E-state index in [9.17, 15) is 0 Å². The standard InChI is InChI=1S/C12H21BrN2S/c1-9(2)11(7-15(3)4)14-6-10-5-12(13)16-8-10/h5,8-9,11,14H,6-7H2,1-4H3. The summed E-state index contributed by atoms with van der Waals surface area (Å²) in [6.07, 6.45) is 0. The molecule has 92 valence electrons. The van der Waals surface area contributed by atoms with E-state index in [2.05, 4.69) is 65.5 Å². The maximum atomic E-state index is 3.62. The predicted octanol–water partition coefficient (Wildman–Crippen LogP) is 3.19. The number of hydrogen-bond acceptors (Lipinski definition) is 3. The summed E-state index contributed by atoms with van der Waals surface area (Å²) in [7, 11) is 4.25. The molecule has 0 saturated heterocycles. The van der Waals surface area contributed by atoms with Gasteiger partial charge in [-0.05, 0) is 53.0 Å². The molecule has 1 rings (SSSR count). The fourth-order valence-corrected chi connectivity index (χ4v) is 2.80. The first-order chi connectivity index (χ1) is 7.49. The van der Waals surface area contributed by atoms with Gasteiger partial charge >= 0.3 is 0 Å². The van der Waals surface area contributed by atoms with Crippen molar-refractivity contribution in [3.63, 3.8) is 0 Å². The Morgan fingerprint density at radius 2 is 2.12 bits per heavy atom. The third kappa shape index (κ3) is 4.95. The van der Waals surface area contributed by atoms with Crippen LogP contribution in [0.5, 0.6) is 0 Å². The van der Waals surface area contributed by atoms with Crippen molar-refractivity contribution in [3.8, 4) is 0 Å². The Hall–Kier alpha value is 0.100. The van der Waals surface area contributed by atoms with Crippen LogP contribution in [0.2, 0.25) is 0 Å². The lowest BCUT2D eigenvalue weighted by Gasteiger charge is -2.25. The van der Waals surface area contributed by atoms with E-state index in [-0.39, 0.29) is 0 Å². The van der Waals surface area contributed by atoms with Gasteiger partial charge in [-0.25, -0.2) is 0 Å². The topological polar surface area (TPSA) is 15.3 Å². The highest BCUT2D eigenvalue weighted by Crippen LogP contribution is 2.20. The van der Waals surface area contributed by atoms with Crippen LogP contribution in [0.3, 0.4) is 0 Å². The van der Waals surface area contributed by atoms with E-state index in [0.29, 0.717) is 12.0 Å². The van der Waals surface area contributed by atoms with Crippen LogP contribution in [0.15, 0.2) is 15.2 Å². The van der Waals surface area contributed by atoms with E-state index in [1.54, 1.807) is 11.3 Å². The summed E-state index contributed by atoms with van der Waals surface area (Å²) in [4.78, 5) is 2.24. The van der Waals surface area contributed by atoms with Crippen LogP contribution < -0.4 is 5.32 Å². The van der Waals surface area contributed by atoms with Crippen molar-refractivity contribution in [3.05, 3.63) is 20.8 Å². The van der Waals surface area contributed by atoms with Gasteiger partial charge in [-0.2, -0.15) is 0 Å². The van der Waals surface area contributed by atoms with Gasteiger partial charge in [0.1, 0.15) is 0 Å². The Bertz CT molecular complexity index is 310. The minimum absolute atomic E-state index is 0.550. The van der Waals surface area contributed by atoms with Gasteiger partial charge in [0.2, 0.25) is 0 Å². The quantitative estimate of drug-likeness (QED) is 0.868. The number of hydrogen-bond donors (Lipinski definition) is 1. The zero-order valence-corrected chi connectivity index (χ0v) is 12.9. The summed E-state index contributed by atoms with van der Waals surface area (Å²) in [6.45, 7) is 6.58. The second-order valence-electron chi connectivity index (χ2n) is 4.75. The van der Waals surface area contributed by atoms with Crippen molar-refractivity contribution >= 4 is 27.3 Å². The molecule has 0 aromatic carbocycles. The number of rotatable bonds is 6. The highest BCUT2D eigenvalue weighted by molar-refractivity contribution is 9.11. The van der Waals surface area contributed by atoms with Gasteiger partial charge in [0.05, 0.1) is 3.79 Å². The molecule has 0 aliphatic heterocycles. The first-order valence-electron chi connectivity index (χ1n) is 5.60. The van der Waals surface area contributed by atoms with Crippen LogP contribution in [0.1, 0.15) is 19.4 Å². The van der Waals surface area contributed by atoms with Crippen LogP contribution in [0.25, 0.3) is 0 Å². The van der Waals surface area contributed by atoms with Crippen LogP contribution in [0, 0.1) is 5.92 Å². The Kier molecular flexibility index (Phi) is 5.97. The molecule has 0 fully saturated rings. The molecule has 0 amide bonds. The van der Waals surface area contributed by atoms with E-state index in [1.165, 1.54) is 9.35 Å². The molecular weight excluding hydrogens is 284 g/mol. The van der Waals surface area contributed by atoms with E-state index >= 15 is 0 Å². The lowest BCUT2D eigenvalue weighted by atomic mass is 10.0. The summed E-state index contributed by atoms with van der Waals surface area (Å²) in [5.74, 6) is 0.657. The summed E-state index contributed by atoms with van der Waals surface area (Å²) in [6, 6.07) is 2.73. The van der Waals surface area contributed by atoms with Gasteiger partial charge in [-0.1, -0.05) is 13.8 Å². The SMILES string of the molecule is CC(C)C(CN(C)C)NCc1csc(Br)c1. The van der Waals surface area contributed by atoms with Gasteiger partial charge in [-0.3, -0.25) is 0 Å². The van der Waals surface area contributed by atoms with Crippen molar-refractivity contribution in [2.75, 3.05) is 20.6 Å². The van der Waals surface area contributed by atoms with Crippen LogP contribution in [0.4, 0.5) is 0 Å². The molecule has 1 unspecified atom stereocenters. The molecular formula is C12H21BrN2S. The summed E-state index contributed by atoms with van der Waals surface area (Å²) in [5, 5.41) is 5.82. The molecule has 0 spiro atoms. The molecule has 1 atom stereocenters. The van der Waals surface area contributed by atoms with E-state index in [1.807, 2.05) is 0 Å². The molecule has 16 heavy (non-hydrogen) atoms. The largest absolute Gasteiger partial charge is 0.308 e. The maximum absolute atomic E-state index is 3.62. The third-order valence-corrected chi connectivity index (χ3v) is 4.11. The molecule has 0 bridgehead atoms. The number of likely N-dealkylation sites (N-methyl/N-ethyl adjacent to an activating group) is 1. The normalized spacial score (nSPS) is 13.7. The molecule has 4 heteroatoms. The molecule has 0 radical (unpaired) electrons. The number of nitrogens with zero attached hydrogens (tertiary/aromatic N) is 1. The van der Waals surface area contributed by atoms with Gasteiger partial charge in [-0.15, -0.1) is 11.3 Å². The van der Waals surface area contributed by atoms with Crippen molar-refractivity contribution < 1.29 is 0 Å². The van der Waals surface area contributed by atoms with Crippen LogP contribution >= 0.6 is 27.3 Å². The minimum Gasteiger partial charge on any atom is -0.308 e. The first-order valence-corrected chi connectivity index (χ1v) is 7.27. The smallest absolute Gasteiger partial charge is 0.0701 e. The second-order valence-corrected chi connectivity index (χ2v) is 7.04. The fraction of sp³-hybridized carbons (Fsp3) is 0.667. The fourth-order valence-electron chi connectivity index (χ4n) is 1.59. The van der Waals surface area contributed by atoms with Crippen LogP contribution in [-0.4, -0.2) is 31.6 Å². The summed E-state index contributed by atoms with van der Waals surface area (Å²) >= 11 is 5.24. The van der Waals surface area contributed by atoms with Crippen molar-refractivity contribution in [2.45, 2.75) is 26.4 Å². The third-order valence-electron chi connectivity index (χ3n) is 2.56. The molecule has 1 heterocycles. The zero-order valence-electron chi connectivity index (χ0n) is 10.5. The molecule has 1 aromatic rings. The lowest BCUT2D eigenvalue weighted by Crippen LogP contribution is -2.41. The minimum atomic E-state index is 0.550. The lowest BCUT2D eigenvalue weighted by molar-refractivity contribution is 0.288. The van der Waals surface area contributed by atoms with E-state index in [0.717, 1.165) is 13.1 Å². The number of halogens is 1. The molecule has 1 N–H and O–H groups in total. The van der Waals surface area contributed by atoms with Gasteiger partial charge in [0.25, 0.3) is 0 Å². The van der Waals surface area contributed by atoms with Crippen LogP contribution in [-0.2, 0) is 6.54 Å². The Morgan fingerprint density at radius 1 is 1.44 bits per heavy atom. The van der Waals surface area contributed by atoms with E-state index < -0.39 is 0 Å². The molecule has 0 aliphatic carbocycles. The van der Waals surface area contributed by atoms with Gasteiger partial charge < -0.3 is 10.2 Å². The van der Waals surface area contributed by atoms with Crippen molar-refractivity contribution in [1.29, 1.82) is 0 Å². The molecule has 1 aromatic heterocycles. The molecule has 0 aliphatic rings. The zero-order chi connectivity index (χ0) is 12.1. The van der Waals surface area contributed by atoms with Gasteiger partial charge in [0.15, 0.2) is 0 Å². The second kappa shape index (κ2) is 6.74. The van der Waals surface area contributed by atoms with Gasteiger partial charge in [0, 0.05) is 19.1 Å². The maximum Gasteiger partial charge on any atom is 0.0701 e. The average molecular weight is 305 g/mol. The summed E-state index contributed by atoms with van der Waals surface area (Å²) in [5.41, 5.74) is 1.36. The molecule has 2 nitrogen and oxygen atoms in total.